The van der Waals surface area contributed by atoms with E-state index in [1.54, 1.807) is 42.1 Å². The summed E-state index contributed by atoms with van der Waals surface area (Å²) in [6.45, 7) is 4.43. The number of aryl methyl sites for hydroxylation is 2. The number of carbonyl (C=O) groups is 2. The molecule has 1 aliphatic heterocycles. The number of amides is 2. The minimum absolute atomic E-state index is 0.0878. The molecule has 4 aromatic carbocycles. The number of thioether (sulfide) groups is 1. The summed E-state index contributed by atoms with van der Waals surface area (Å²) >= 11 is 1.59. The molecule has 0 unspecified atom stereocenters. The third-order valence-electron chi connectivity index (χ3n) is 6.96. The molecule has 9 heteroatoms. The van der Waals surface area contributed by atoms with Crippen molar-refractivity contribution in [1.82, 2.24) is 4.90 Å². The molecule has 1 atom stereocenters. The molecule has 1 fully saturated rings. The zero-order valence-electron chi connectivity index (χ0n) is 22.8. The Hall–Kier alpha value is -4.08. The van der Waals surface area contributed by atoms with Gasteiger partial charge in [0.25, 0.3) is 15.9 Å². The molecule has 0 saturated carbocycles. The smallest absolute Gasteiger partial charge is 0.261 e. The first-order chi connectivity index (χ1) is 19.7. The molecule has 0 spiro atoms. The van der Waals surface area contributed by atoms with Crippen molar-refractivity contribution in [2.24, 2.45) is 0 Å². The Kier molecular flexibility index (Phi) is 8.46. The van der Waals surface area contributed by atoms with E-state index in [-0.39, 0.29) is 22.1 Å². The topological polar surface area (TPSA) is 95.6 Å². The van der Waals surface area contributed by atoms with Crippen LogP contribution in [0.1, 0.15) is 38.0 Å². The number of benzene rings is 4. The summed E-state index contributed by atoms with van der Waals surface area (Å²) in [5.41, 5.74) is 5.51. The van der Waals surface area contributed by atoms with Gasteiger partial charge in [0.2, 0.25) is 5.91 Å². The lowest BCUT2D eigenvalue weighted by atomic mass is 10.1. The number of nitrogens with zero attached hydrogens (tertiary/aromatic N) is 1. The number of sulfonamides is 1. The van der Waals surface area contributed by atoms with Crippen LogP contribution in [0.15, 0.2) is 102 Å². The second-order valence-corrected chi connectivity index (χ2v) is 12.8. The first-order valence-corrected chi connectivity index (χ1v) is 15.8. The Balaban J connectivity index is 1.21. The fourth-order valence-corrected chi connectivity index (χ4v) is 7.07. The fraction of sp³-hybridized carbons (Fsp3) is 0.188. The molecule has 0 aromatic heterocycles. The van der Waals surface area contributed by atoms with Crippen molar-refractivity contribution in [3.63, 3.8) is 0 Å². The van der Waals surface area contributed by atoms with E-state index in [1.807, 2.05) is 61.2 Å². The van der Waals surface area contributed by atoms with Crippen molar-refractivity contribution < 1.29 is 18.0 Å². The third-order valence-corrected chi connectivity index (χ3v) is 9.60. The van der Waals surface area contributed by atoms with Crippen LogP contribution >= 0.6 is 11.8 Å². The second kappa shape index (κ2) is 12.2. The molecule has 2 amide bonds. The molecule has 1 heterocycles. The molecule has 0 aliphatic carbocycles. The van der Waals surface area contributed by atoms with Crippen LogP contribution in [0.25, 0.3) is 0 Å². The largest absolute Gasteiger partial charge is 0.326 e. The Labute approximate surface area is 245 Å². The highest BCUT2D eigenvalue weighted by atomic mass is 32.2. The van der Waals surface area contributed by atoms with Crippen LogP contribution < -0.4 is 10.0 Å². The number of hydrogen-bond acceptors (Lipinski definition) is 5. The van der Waals surface area contributed by atoms with Gasteiger partial charge in [-0.2, -0.15) is 0 Å². The predicted molar refractivity (Wildman–Crippen MR) is 165 cm³/mol. The van der Waals surface area contributed by atoms with Crippen molar-refractivity contribution in [2.75, 3.05) is 22.3 Å². The maximum absolute atomic E-state index is 12.9. The SMILES string of the molecule is Cc1ccc(NS(=O)(=O)c2ccc(NC(=O)c3ccc([C@@H]4SCC(=O)N4CCc4ccccc4)cc3)cc2)c(C)c1. The van der Waals surface area contributed by atoms with Gasteiger partial charge in [0, 0.05) is 17.8 Å². The zero-order chi connectivity index (χ0) is 29.0. The molecule has 1 aliphatic rings. The normalized spacial score (nSPS) is 15.1. The lowest BCUT2D eigenvalue weighted by Gasteiger charge is -2.24. The molecule has 41 heavy (non-hydrogen) atoms. The van der Waals surface area contributed by atoms with Crippen LogP contribution in [0.2, 0.25) is 0 Å². The van der Waals surface area contributed by atoms with Gasteiger partial charge in [-0.1, -0.05) is 60.2 Å². The van der Waals surface area contributed by atoms with Gasteiger partial charge in [-0.05, 0) is 79.4 Å². The third kappa shape index (κ3) is 6.81. The first-order valence-electron chi connectivity index (χ1n) is 13.3. The summed E-state index contributed by atoms with van der Waals surface area (Å²) in [6, 6.07) is 28.9. The van der Waals surface area contributed by atoms with Crippen molar-refractivity contribution in [3.05, 3.63) is 125 Å². The van der Waals surface area contributed by atoms with Crippen LogP contribution in [-0.4, -0.2) is 37.4 Å². The van der Waals surface area contributed by atoms with Crippen molar-refractivity contribution in [3.8, 4) is 0 Å². The molecule has 4 aromatic rings. The van der Waals surface area contributed by atoms with E-state index < -0.39 is 10.0 Å². The van der Waals surface area contributed by atoms with Crippen LogP contribution in [0, 0.1) is 13.8 Å². The summed E-state index contributed by atoms with van der Waals surface area (Å²) in [5.74, 6) is 0.247. The van der Waals surface area contributed by atoms with Crippen LogP contribution in [0.3, 0.4) is 0 Å². The molecule has 5 rings (SSSR count). The number of nitrogens with one attached hydrogen (secondary N) is 2. The van der Waals surface area contributed by atoms with E-state index in [2.05, 4.69) is 22.2 Å². The highest BCUT2D eigenvalue weighted by Gasteiger charge is 2.32. The van der Waals surface area contributed by atoms with Crippen LogP contribution in [0.4, 0.5) is 11.4 Å². The standard InChI is InChI=1S/C32H31N3O4S2/c1-22-8-17-29(23(2)20-22)34-41(38,39)28-15-13-27(14-16-28)33-31(37)25-9-11-26(12-10-25)32-35(30(36)21-40-32)19-18-24-6-4-3-5-7-24/h3-17,20,32,34H,18-19,21H2,1-2H3,(H,33,37)/t32-/m0/s1. The van der Waals surface area contributed by atoms with E-state index in [4.69, 9.17) is 0 Å². The summed E-state index contributed by atoms with van der Waals surface area (Å²) in [4.78, 5) is 27.5. The monoisotopic (exact) mass is 585 g/mol. The molecular formula is C32H31N3O4S2. The van der Waals surface area contributed by atoms with Crippen molar-refractivity contribution in [1.29, 1.82) is 0 Å². The predicted octanol–water partition coefficient (Wildman–Crippen LogP) is 6.17. The maximum Gasteiger partial charge on any atom is 0.261 e. The van der Waals surface area contributed by atoms with E-state index in [1.165, 1.54) is 17.7 Å². The summed E-state index contributed by atoms with van der Waals surface area (Å²) in [6.07, 6.45) is 0.784. The van der Waals surface area contributed by atoms with Crippen LogP contribution in [-0.2, 0) is 21.2 Å². The summed E-state index contributed by atoms with van der Waals surface area (Å²) in [5, 5.41) is 2.73. The average Bonchev–Trinajstić information content (AvgIpc) is 3.34. The van der Waals surface area contributed by atoms with Gasteiger partial charge >= 0.3 is 0 Å². The van der Waals surface area contributed by atoms with E-state index in [9.17, 15) is 18.0 Å². The van der Waals surface area contributed by atoms with Crippen molar-refractivity contribution >= 4 is 45.0 Å². The van der Waals surface area contributed by atoms with E-state index >= 15 is 0 Å². The molecule has 2 N–H and O–H groups in total. The maximum atomic E-state index is 12.9. The minimum atomic E-state index is -3.78. The Morgan fingerprint density at radius 2 is 1.63 bits per heavy atom. The van der Waals surface area contributed by atoms with Crippen LogP contribution in [0.5, 0.6) is 0 Å². The van der Waals surface area contributed by atoms with Gasteiger partial charge in [-0.15, -0.1) is 11.8 Å². The number of carbonyl (C=O) groups excluding carboxylic acids is 2. The highest BCUT2D eigenvalue weighted by Crippen LogP contribution is 2.38. The molecule has 0 bridgehead atoms. The van der Waals surface area contributed by atoms with E-state index in [0.29, 0.717) is 29.2 Å². The van der Waals surface area contributed by atoms with Gasteiger partial charge in [-0.25, -0.2) is 8.42 Å². The Bertz CT molecular complexity index is 1660. The first kappa shape index (κ1) is 28.4. The zero-order valence-corrected chi connectivity index (χ0v) is 24.5. The van der Waals surface area contributed by atoms with Gasteiger partial charge in [-0.3, -0.25) is 14.3 Å². The number of hydrogen-bond donors (Lipinski definition) is 2. The van der Waals surface area contributed by atoms with E-state index in [0.717, 1.165) is 23.1 Å². The van der Waals surface area contributed by atoms with Gasteiger partial charge < -0.3 is 10.2 Å². The Morgan fingerprint density at radius 3 is 2.32 bits per heavy atom. The lowest BCUT2D eigenvalue weighted by molar-refractivity contribution is -0.128. The minimum Gasteiger partial charge on any atom is -0.326 e. The second-order valence-electron chi connectivity index (χ2n) is 10.0. The highest BCUT2D eigenvalue weighted by molar-refractivity contribution is 8.00. The molecular weight excluding hydrogens is 555 g/mol. The van der Waals surface area contributed by atoms with Crippen molar-refractivity contribution in [2.45, 2.75) is 30.5 Å². The summed E-state index contributed by atoms with van der Waals surface area (Å²) in [7, 11) is -3.78. The lowest BCUT2D eigenvalue weighted by Crippen LogP contribution is -2.30. The molecule has 7 nitrogen and oxygen atoms in total. The van der Waals surface area contributed by atoms with Gasteiger partial charge in [0.05, 0.1) is 16.3 Å². The Morgan fingerprint density at radius 1 is 0.927 bits per heavy atom. The number of rotatable bonds is 9. The molecule has 0 radical (unpaired) electrons. The summed E-state index contributed by atoms with van der Waals surface area (Å²) < 4.78 is 28.4. The average molecular weight is 586 g/mol. The van der Waals surface area contributed by atoms with Gasteiger partial charge in [0.15, 0.2) is 0 Å². The molecule has 210 valence electrons. The molecule has 1 saturated heterocycles. The quantitative estimate of drug-likeness (QED) is 0.245. The van der Waals surface area contributed by atoms with Gasteiger partial charge in [0.1, 0.15) is 5.37 Å². The number of anilines is 2. The fourth-order valence-electron chi connectivity index (χ4n) is 4.72.